The predicted octanol–water partition coefficient (Wildman–Crippen LogP) is 3.10. The number of hydrogen-bond acceptors (Lipinski definition) is 5. The fourth-order valence-electron chi connectivity index (χ4n) is 5.28. The van der Waals surface area contributed by atoms with Crippen LogP contribution >= 0.6 is 0 Å². The number of aryl methyl sites for hydroxylation is 1. The molecule has 0 bridgehead atoms. The summed E-state index contributed by atoms with van der Waals surface area (Å²) >= 11 is 0. The lowest BCUT2D eigenvalue weighted by molar-refractivity contribution is -0.00604. The average Bonchev–Trinajstić information content (AvgIpc) is 3.13. The van der Waals surface area contributed by atoms with Crippen molar-refractivity contribution < 1.29 is 24.2 Å². The topological polar surface area (TPSA) is 76.1 Å². The van der Waals surface area contributed by atoms with Crippen LogP contribution in [0.5, 0.6) is 11.5 Å². The molecule has 31 heavy (non-hydrogen) atoms. The van der Waals surface area contributed by atoms with Crippen LogP contribution in [0.25, 0.3) is 0 Å². The van der Waals surface area contributed by atoms with E-state index in [9.17, 15) is 14.7 Å². The van der Waals surface area contributed by atoms with Crippen LogP contribution in [0, 0.1) is 6.92 Å². The van der Waals surface area contributed by atoms with E-state index in [1.165, 1.54) is 0 Å². The Morgan fingerprint density at radius 3 is 2.74 bits per heavy atom. The zero-order chi connectivity index (χ0) is 21.8. The van der Waals surface area contributed by atoms with Crippen LogP contribution in [-0.4, -0.2) is 53.6 Å². The highest BCUT2D eigenvalue weighted by molar-refractivity contribution is 6.03. The highest BCUT2D eigenvalue weighted by atomic mass is 16.5. The Bertz CT molecular complexity index is 1070. The molecule has 1 amide bonds. The van der Waals surface area contributed by atoms with Crippen molar-refractivity contribution in [3.05, 3.63) is 58.1 Å². The van der Waals surface area contributed by atoms with Gasteiger partial charge >= 0.3 is 0 Å². The first kappa shape index (κ1) is 20.1. The van der Waals surface area contributed by atoms with Crippen molar-refractivity contribution in [1.29, 1.82) is 0 Å². The summed E-state index contributed by atoms with van der Waals surface area (Å²) in [4.78, 5) is 28.1. The standard InChI is InChI=1S/C25H27NO5/c1-15-10-21(30-2)23-20(28)14-25(31-22(23)11-15)6-8-26(9-7-25)24(29)18-5-3-4-16-12-17(27)13-19(16)18/h3-5,10-11,17,27H,6-9,12-14H2,1-2H3. The van der Waals surface area contributed by atoms with Gasteiger partial charge in [0.2, 0.25) is 0 Å². The molecule has 0 aromatic heterocycles. The Kier molecular flexibility index (Phi) is 4.77. The molecule has 6 nitrogen and oxygen atoms in total. The second-order valence-corrected chi connectivity index (χ2v) is 9.02. The van der Waals surface area contributed by atoms with Crippen LogP contribution < -0.4 is 9.47 Å². The van der Waals surface area contributed by atoms with Gasteiger partial charge in [0.05, 0.1) is 19.6 Å². The van der Waals surface area contributed by atoms with Crippen LogP contribution in [0.15, 0.2) is 30.3 Å². The molecule has 1 aliphatic carbocycles. The van der Waals surface area contributed by atoms with Gasteiger partial charge in [-0.05, 0) is 54.7 Å². The second kappa shape index (κ2) is 7.38. The normalized spacial score (nSPS) is 21.5. The maximum absolute atomic E-state index is 13.2. The summed E-state index contributed by atoms with van der Waals surface area (Å²) in [7, 11) is 1.57. The fourth-order valence-corrected chi connectivity index (χ4v) is 5.28. The van der Waals surface area contributed by atoms with Crippen molar-refractivity contribution in [3.8, 4) is 11.5 Å². The number of ether oxygens (including phenoxy) is 2. The molecule has 0 saturated carbocycles. The number of nitrogens with zero attached hydrogens (tertiary/aromatic N) is 1. The van der Waals surface area contributed by atoms with Gasteiger partial charge in [-0.2, -0.15) is 0 Å². The molecule has 1 saturated heterocycles. The van der Waals surface area contributed by atoms with E-state index in [1.807, 2.05) is 42.2 Å². The number of aliphatic hydroxyl groups excluding tert-OH is 1. The summed E-state index contributed by atoms with van der Waals surface area (Å²) in [6, 6.07) is 9.49. The molecule has 0 radical (unpaired) electrons. The maximum Gasteiger partial charge on any atom is 0.254 e. The molecular weight excluding hydrogens is 394 g/mol. The summed E-state index contributed by atoms with van der Waals surface area (Å²) in [5.74, 6) is 1.18. The highest BCUT2D eigenvalue weighted by Gasteiger charge is 2.45. The first-order chi connectivity index (χ1) is 14.9. The average molecular weight is 421 g/mol. The molecule has 2 heterocycles. The van der Waals surface area contributed by atoms with Crippen molar-refractivity contribution in [1.82, 2.24) is 4.90 Å². The third kappa shape index (κ3) is 3.39. The van der Waals surface area contributed by atoms with Crippen LogP contribution in [0.1, 0.15) is 56.7 Å². The third-order valence-corrected chi connectivity index (χ3v) is 6.88. The summed E-state index contributed by atoms with van der Waals surface area (Å²) < 4.78 is 11.8. The molecule has 1 fully saturated rings. The number of carbonyl (C=O) groups excluding carboxylic acids is 2. The van der Waals surface area contributed by atoms with Crippen LogP contribution in [0.2, 0.25) is 0 Å². The molecule has 2 aromatic carbocycles. The Labute approximate surface area is 181 Å². The van der Waals surface area contributed by atoms with Crippen LogP contribution in [0.4, 0.5) is 0 Å². The SMILES string of the molecule is COc1cc(C)cc2c1C(=O)CC1(CCN(C(=O)c3cccc4c3CC(O)C4)CC1)O2. The zero-order valence-electron chi connectivity index (χ0n) is 17.9. The minimum atomic E-state index is -0.575. The van der Waals surface area contributed by atoms with E-state index in [2.05, 4.69) is 0 Å². The van der Waals surface area contributed by atoms with Gasteiger partial charge in [0.1, 0.15) is 22.7 Å². The largest absolute Gasteiger partial charge is 0.496 e. The first-order valence-electron chi connectivity index (χ1n) is 10.9. The molecule has 162 valence electrons. The number of fused-ring (bicyclic) bond motifs is 2. The number of piperidine rings is 1. The molecule has 6 heteroatoms. The zero-order valence-corrected chi connectivity index (χ0v) is 17.9. The lowest BCUT2D eigenvalue weighted by Crippen LogP contribution is -2.52. The molecular formula is C25H27NO5. The van der Waals surface area contributed by atoms with Gasteiger partial charge in [0.15, 0.2) is 5.78 Å². The Balaban J connectivity index is 1.35. The van der Waals surface area contributed by atoms with Crippen molar-refractivity contribution in [2.45, 2.75) is 50.7 Å². The van der Waals surface area contributed by atoms with E-state index < -0.39 is 11.7 Å². The lowest BCUT2D eigenvalue weighted by atomic mass is 9.82. The number of Topliss-reactive ketones (excluding diaryl/α,β-unsaturated/α-hetero) is 1. The molecule has 3 aliphatic rings. The number of rotatable bonds is 2. The number of hydrogen-bond donors (Lipinski definition) is 1. The monoisotopic (exact) mass is 421 g/mol. The quantitative estimate of drug-likeness (QED) is 0.807. The first-order valence-corrected chi connectivity index (χ1v) is 10.9. The molecule has 1 atom stereocenters. The van der Waals surface area contributed by atoms with Crippen LogP contribution in [-0.2, 0) is 12.8 Å². The number of ketones is 1. The molecule has 2 aromatic rings. The van der Waals surface area contributed by atoms with Gasteiger partial charge in [-0.15, -0.1) is 0 Å². The number of methoxy groups -OCH3 is 1. The van der Waals surface area contributed by atoms with Crippen molar-refractivity contribution in [2.24, 2.45) is 0 Å². The second-order valence-electron chi connectivity index (χ2n) is 9.02. The minimum Gasteiger partial charge on any atom is -0.496 e. The van der Waals surface area contributed by atoms with Crippen molar-refractivity contribution in [2.75, 3.05) is 20.2 Å². The molecule has 5 rings (SSSR count). The number of benzene rings is 2. The Hall–Kier alpha value is -2.86. The van der Waals surface area contributed by atoms with E-state index in [1.54, 1.807) is 7.11 Å². The number of likely N-dealkylation sites (tertiary alicyclic amines) is 1. The smallest absolute Gasteiger partial charge is 0.254 e. The predicted molar refractivity (Wildman–Crippen MR) is 115 cm³/mol. The van der Waals surface area contributed by atoms with E-state index >= 15 is 0 Å². The Morgan fingerprint density at radius 2 is 2.00 bits per heavy atom. The van der Waals surface area contributed by atoms with Gasteiger partial charge in [0.25, 0.3) is 5.91 Å². The fraction of sp³-hybridized carbons (Fsp3) is 0.440. The van der Waals surface area contributed by atoms with E-state index in [0.29, 0.717) is 67.8 Å². The molecule has 1 N–H and O–H groups in total. The molecule has 1 unspecified atom stereocenters. The van der Waals surface area contributed by atoms with E-state index in [-0.39, 0.29) is 11.7 Å². The third-order valence-electron chi connectivity index (χ3n) is 6.88. The number of carbonyl (C=O) groups is 2. The van der Waals surface area contributed by atoms with Gasteiger partial charge in [-0.1, -0.05) is 12.1 Å². The summed E-state index contributed by atoms with van der Waals surface area (Å²) in [6.07, 6.45) is 2.25. The summed E-state index contributed by atoms with van der Waals surface area (Å²) in [5.41, 5.74) is 3.66. The molecule has 2 aliphatic heterocycles. The van der Waals surface area contributed by atoms with Gasteiger partial charge in [-0.25, -0.2) is 0 Å². The van der Waals surface area contributed by atoms with Gasteiger partial charge < -0.3 is 19.5 Å². The maximum atomic E-state index is 13.2. The lowest BCUT2D eigenvalue weighted by Gasteiger charge is -2.44. The minimum absolute atomic E-state index is 0.000787. The van der Waals surface area contributed by atoms with Gasteiger partial charge in [0, 0.05) is 31.5 Å². The van der Waals surface area contributed by atoms with Crippen molar-refractivity contribution in [3.63, 3.8) is 0 Å². The van der Waals surface area contributed by atoms with E-state index in [0.717, 1.165) is 16.7 Å². The summed E-state index contributed by atoms with van der Waals surface area (Å²) in [6.45, 7) is 3.03. The number of aliphatic hydroxyl groups is 1. The molecule has 1 spiro atoms. The summed E-state index contributed by atoms with van der Waals surface area (Å²) in [5, 5.41) is 10.0. The number of amides is 1. The van der Waals surface area contributed by atoms with Crippen molar-refractivity contribution >= 4 is 11.7 Å². The highest BCUT2D eigenvalue weighted by Crippen LogP contribution is 2.43. The van der Waals surface area contributed by atoms with E-state index in [4.69, 9.17) is 9.47 Å². The van der Waals surface area contributed by atoms with Crippen LogP contribution in [0.3, 0.4) is 0 Å². The Morgan fingerprint density at radius 1 is 1.23 bits per heavy atom. The van der Waals surface area contributed by atoms with Gasteiger partial charge in [-0.3, -0.25) is 9.59 Å².